The van der Waals surface area contributed by atoms with Crippen LogP contribution in [0.15, 0.2) is 28.9 Å². The number of aromatic carboxylic acids is 1. The Balaban J connectivity index is 2.25. The molecule has 0 spiro atoms. The topological polar surface area (TPSA) is 75.4 Å². The largest absolute Gasteiger partial charge is 0.476 e. The Bertz CT molecular complexity index is 566. The van der Waals surface area contributed by atoms with Gasteiger partial charge in [-0.1, -0.05) is 6.07 Å². The normalized spacial score (nSPS) is 10.2. The van der Waals surface area contributed by atoms with E-state index in [2.05, 4.69) is 10.3 Å². The lowest BCUT2D eigenvalue weighted by molar-refractivity contribution is 0.0690. The Morgan fingerprint density at radius 3 is 2.94 bits per heavy atom. The molecular weight excluding hydrogens is 227 g/mol. The summed E-state index contributed by atoms with van der Waals surface area (Å²) in [6.07, 6.45) is 0.984. The summed E-state index contributed by atoms with van der Waals surface area (Å²) in [4.78, 5) is 14.2. The van der Waals surface area contributed by atoms with E-state index in [9.17, 15) is 9.18 Å². The molecule has 2 rings (SSSR count). The van der Waals surface area contributed by atoms with Gasteiger partial charge in [-0.15, -0.1) is 0 Å². The van der Waals surface area contributed by atoms with Crippen LogP contribution in [0.4, 0.5) is 16.1 Å². The summed E-state index contributed by atoms with van der Waals surface area (Å²) in [5.74, 6) is -1.67. The smallest absolute Gasteiger partial charge is 0.357 e. The van der Waals surface area contributed by atoms with E-state index < -0.39 is 11.8 Å². The molecule has 0 aliphatic carbocycles. The molecule has 0 unspecified atom stereocenters. The number of hydrogen-bond donors (Lipinski definition) is 2. The number of halogens is 1. The number of carbonyl (C=O) groups is 1. The summed E-state index contributed by atoms with van der Waals surface area (Å²) in [5, 5.41) is 11.2. The molecule has 6 heteroatoms. The van der Waals surface area contributed by atoms with Crippen molar-refractivity contribution in [1.29, 1.82) is 0 Å². The second-order valence-electron chi connectivity index (χ2n) is 3.45. The lowest BCUT2D eigenvalue weighted by Gasteiger charge is -2.03. The third-order valence-corrected chi connectivity index (χ3v) is 2.09. The maximum Gasteiger partial charge on any atom is 0.357 e. The lowest BCUT2D eigenvalue weighted by atomic mass is 10.2. The fourth-order valence-corrected chi connectivity index (χ4v) is 1.28. The summed E-state index contributed by atoms with van der Waals surface area (Å²) < 4.78 is 18.2. The van der Waals surface area contributed by atoms with Crippen molar-refractivity contribution in [1.82, 2.24) is 4.98 Å². The van der Waals surface area contributed by atoms with Gasteiger partial charge in [0.15, 0.2) is 5.69 Å². The Morgan fingerprint density at radius 2 is 2.29 bits per heavy atom. The molecule has 0 saturated heterocycles. The summed E-state index contributed by atoms with van der Waals surface area (Å²) in [7, 11) is 0. The standard InChI is InChI=1S/C11H9FN2O3/c1-6-2-3-7(12)8(4-6)13-11-14-9(5-17-11)10(15)16/h2-5H,1H3,(H,13,14)(H,15,16). The first-order chi connectivity index (χ1) is 8.06. The van der Waals surface area contributed by atoms with E-state index in [1.165, 1.54) is 6.07 Å². The van der Waals surface area contributed by atoms with Gasteiger partial charge in [0.1, 0.15) is 12.1 Å². The molecule has 0 aliphatic rings. The molecule has 5 nitrogen and oxygen atoms in total. The number of benzene rings is 1. The van der Waals surface area contributed by atoms with Crippen LogP contribution in [0.2, 0.25) is 0 Å². The van der Waals surface area contributed by atoms with Crippen molar-refractivity contribution in [3.05, 3.63) is 41.5 Å². The average molecular weight is 236 g/mol. The molecule has 0 atom stereocenters. The quantitative estimate of drug-likeness (QED) is 0.856. The molecule has 88 valence electrons. The van der Waals surface area contributed by atoms with Crippen molar-refractivity contribution < 1.29 is 18.7 Å². The van der Waals surface area contributed by atoms with Crippen LogP contribution in [0.5, 0.6) is 0 Å². The maximum absolute atomic E-state index is 13.4. The van der Waals surface area contributed by atoms with Crippen LogP contribution in [-0.4, -0.2) is 16.1 Å². The molecule has 1 heterocycles. The summed E-state index contributed by atoms with van der Waals surface area (Å²) in [6.45, 7) is 1.81. The molecule has 0 fully saturated rings. The van der Waals surface area contributed by atoms with Crippen molar-refractivity contribution in [2.24, 2.45) is 0 Å². The highest BCUT2D eigenvalue weighted by molar-refractivity contribution is 5.85. The summed E-state index contributed by atoms with van der Waals surface area (Å²) in [5.41, 5.74) is 0.809. The van der Waals surface area contributed by atoms with E-state index in [1.54, 1.807) is 12.1 Å². The average Bonchev–Trinajstić information content (AvgIpc) is 2.72. The molecule has 0 radical (unpaired) electrons. The van der Waals surface area contributed by atoms with Gasteiger partial charge in [0.2, 0.25) is 0 Å². The highest BCUT2D eigenvalue weighted by Crippen LogP contribution is 2.20. The minimum atomic E-state index is -1.20. The number of anilines is 2. The SMILES string of the molecule is Cc1ccc(F)c(Nc2nc(C(=O)O)co2)c1. The predicted octanol–water partition coefficient (Wildman–Crippen LogP) is 2.56. The van der Waals surface area contributed by atoms with Crippen molar-refractivity contribution in [2.45, 2.75) is 6.92 Å². The number of aromatic nitrogens is 1. The number of carboxylic acids is 1. The summed E-state index contributed by atoms with van der Waals surface area (Å²) >= 11 is 0. The number of aryl methyl sites for hydroxylation is 1. The molecule has 0 bridgehead atoms. The Morgan fingerprint density at radius 1 is 1.53 bits per heavy atom. The Labute approximate surface area is 95.9 Å². The Hall–Kier alpha value is -2.37. The monoisotopic (exact) mass is 236 g/mol. The zero-order chi connectivity index (χ0) is 12.4. The molecule has 0 saturated carbocycles. The lowest BCUT2D eigenvalue weighted by Crippen LogP contribution is -1.98. The third kappa shape index (κ3) is 2.41. The number of rotatable bonds is 3. The molecule has 1 aromatic heterocycles. The predicted molar refractivity (Wildman–Crippen MR) is 57.9 cm³/mol. The second kappa shape index (κ2) is 4.25. The van der Waals surface area contributed by atoms with Gasteiger partial charge in [-0.2, -0.15) is 4.98 Å². The molecule has 0 amide bonds. The highest BCUT2D eigenvalue weighted by atomic mass is 19.1. The van der Waals surface area contributed by atoms with Gasteiger partial charge in [0, 0.05) is 0 Å². The van der Waals surface area contributed by atoms with Gasteiger partial charge in [-0.3, -0.25) is 0 Å². The molecule has 2 N–H and O–H groups in total. The first kappa shape index (κ1) is 11.1. The fraction of sp³-hybridized carbons (Fsp3) is 0.0909. The molecule has 2 aromatic rings. The van der Waals surface area contributed by atoms with Crippen LogP contribution in [0, 0.1) is 12.7 Å². The van der Waals surface area contributed by atoms with Crippen molar-refractivity contribution in [3.63, 3.8) is 0 Å². The third-order valence-electron chi connectivity index (χ3n) is 2.09. The zero-order valence-electron chi connectivity index (χ0n) is 8.90. The van der Waals surface area contributed by atoms with Gasteiger partial charge >= 0.3 is 5.97 Å². The first-order valence-electron chi connectivity index (χ1n) is 4.78. The second-order valence-corrected chi connectivity index (χ2v) is 3.45. The Kier molecular flexibility index (Phi) is 2.78. The summed E-state index contributed by atoms with van der Waals surface area (Å²) in [6, 6.07) is 4.43. The van der Waals surface area contributed by atoms with Crippen LogP contribution in [0.25, 0.3) is 0 Å². The van der Waals surface area contributed by atoms with Crippen LogP contribution < -0.4 is 5.32 Å². The van der Waals surface area contributed by atoms with Crippen LogP contribution >= 0.6 is 0 Å². The van der Waals surface area contributed by atoms with Crippen LogP contribution in [-0.2, 0) is 0 Å². The highest BCUT2D eigenvalue weighted by Gasteiger charge is 2.11. The van der Waals surface area contributed by atoms with Crippen molar-refractivity contribution >= 4 is 17.7 Å². The molecule has 1 aromatic carbocycles. The zero-order valence-corrected chi connectivity index (χ0v) is 8.90. The van der Waals surface area contributed by atoms with Gasteiger partial charge in [-0.25, -0.2) is 9.18 Å². The van der Waals surface area contributed by atoms with Crippen molar-refractivity contribution in [2.75, 3.05) is 5.32 Å². The van der Waals surface area contributed by atoms with Crippen LogP contribution in [0.3, 0.4) is 0 Å². The molecule has 17 heavy (non-hydrogen) atoms. The van der Waals surface area contributed by atoms with E-state index in [-0.39, 0.29) is 17.4 Å². The van der Waals surface area contributed by atoms with Crippen molar-refractivity contribution in [3.8, 4) is 0 Å². The minimum absolute atomic E-state index is 0.0631. The van der Waals surface area contributed by atoms with E-state index >= 15 is 0 Å². The van der Waals surface area contributed by atoms with Gasteiger partial charge in [0.05, 0.1) is 5.69 Å². The van der Waals surface area contributed by atoms with E-state index in [0.29, 0.717) is 0 Å². The van der Waals surface area contributed by atoms with E-state index in [0.717, 1.165) is 11.8 Å². The number of carboxylic acid groups (broad SMARTS) is 1. The molecular formula is C11H9FN2O3. The van der Waals surface area contributed by atoms with Gasteiger partial charge in [0.25, 0.3) is 6.01 Å². The minimum Gasteiger partial charge on any atom is -0.476 e. The van der Waals surface area contributed by atoms with E-state index in [1.807, 2.05) is 6.92 Å². The van der Waals surface area contributed by atoms with Gasteiger partial charge in [-0.05, 0) is 24.6 Å². The number of hydrogen-bond acceptors (Lipinski definition) is 4. The van der Waals surface area contributed by atoms with Gasteiger partial charge < -0.3 is 14.8 Å². The molecule has 0 aliphatic heterocycles. The number of oxazole rings is 1. The number of nitrogens with one attached hydrogen (secondary N) is 1. The number of nitrogens with zero attached hydrogens (tertiary/aromatic N) is 1. The fourth-order valence-electron chi connectivity index (χ4n) is 1.28. The first-order valence-corrected chi connectivity index (χ1v) is 4.78. The maximum atomic E-state index is 13.4. The van der Waals surface area contributed by atoms with Crippen LogP contribution in [0.1, 0.15) is 16.1 Å². The van der Waals surface area contributed by atoms with E-state index in [4.69, 9.17) is 9.52 Å².